The number of nitrogens with one attached hydrogen (secondary N) is 1. The van der Waals surface area contributed by atoms with Gasteiger partial charge < -0.3 is 15.0 Å². The first-order chi connectivity index (χ1) is 15.4. The largest absolute Gasteiger partial charge is 0.416 e. The van der Waals surface area contributed by atoms with Crippen molar-refractivity contribution in [3.05, 3.63) is 34.9 Å². The van der Waals surface area contributed by atoms with Gasteiger partial charge in [-0.25, -0.2) is 0 Å². The van der Waals surface area contributed by atoms with Crippen molar-refractivity contribution in [2.24, 2.45) is 5.41 Å². The van der Waals surface area contributed by atoms with Gasteiger partial charge in [0, 0.05) is 31.8 Å². The van der Waals surface area contributed by atoms with Crippen LogP contribution in [0.1, 0.15) is 48.8 Å². The van der Waals surface area contributed by atoms with E-state index >= 15 is 0 Å². The highest BCUT2D eigenvalue weighted by atomic mass is 19.4. The van der Waals surface area contributed by atoms with Crippen LogP contribution in [0.2, 0.25) is 0 Å². The minimum Gasteiger partial charge on any atom is -0.381 e. The van der Waals surface area contributed by atoms with Crippen molar-refractivity contribution < 1.29 is 35.9 Å². The molecule has 1 saturated heterocycles. The predicted molar refractivity (Wildman–Crippen MR) is 106 cm³/mol. The van der Waals surface area contributed by atoms with E-state index in [1.165, 1.54) is 0 Å². The molecule has 33 heavy (non-hydrogen) atoms. The van der Waals surface area contributed by atoms with Crippen molar-refractivity contribution in [3.63, 3.8) is 0 Å². The molecular formula is C22H25F6N3O2. The normalized spacial score (nSPS) is 24.6. The summed E-state index contributed by atoms with van der Waals surface area (Å²) in [5.41, 5.74) is -4.61. The molecule has 1 aliphatic carbocycles. The summed E-state index contributed by atoms with van der Waals surface area (Å²) in [7, 11) is 1.94. The Morgan fingerprint density at radius 2 is 1.67 bits per heavy atom. The van der Waals surface area contributed by atoms with Gasteiger partial charge in [0.05, 0.1) is 17.2 Å². The third kappa shape index (κ3) is 5.79. The van der Waals surface area contributed by atoms with Crippen LogP contribution in [0.25, 0.3) is 0 Å². The van der Waals surface area contributed by atoms with Crippen LogP contribution in [0.4, 0.5) is 26.3 Å². The smallest absolute Gasteiger partial charge is 0.381 e. The van der Waals surface area contributed by atoms with Crippen LogP contribution in [0.15, 0.2) is 18.2 Å². The monoisotopic (exact) mass is 477 g/mol. The molecule has 3 rings (SSSR count). The summed E-state index contributed by atoms with van der Waals surface area (Å²) in [6.07, 6.45) is -7.14. The second kappa shape index (κ2) is 9.50. The van der Waals surface area contributed by atoms with Gasteiger partial charge in [-0.15, -0.1) is 0 Å². The maximum Gasteiger partial charge on any atom is 0.416 e. The molecule has 1 N–H and O–H groups in total. The fourth-order valence-corrected chi connectivity index (χ4v) is 4.59. The van der Waals surface area contributed by atoms with Gasteiger partial charge in [-0.05, 0) is 62.9 Å². The zero-order valence-corrected chi connectivity index (χ0v) is 18.0. The van der Waals surface area contributed by atoms with Gasteiger partial charge in [0.25, 0.3) is 0 Å². The van der Waals surface area contributed by atoms with Gasteiger partial charge >= 0.3 is 12.4 Å². The number of benzene rings is 1. The molecule has 1 amide bonds. The van der Waals surface area contributed by atoms with Crippen LogP contribution in [0, 0.1) is 16.7 Å². The number of carbonyl (C=O) groups is 1. The topological polar surface area (TPSA) is 65.4 Å². The summed E-state index contributed by atoms with van der Waals surface area (Å²) >= 11 is 0. The summed E-state index contributed by atoms with van der Waals surface area (Å²) in [6, 6.07) is 3.48. The number of nitriles is 1. The number of carbonyl (C=O) groups excluding carboxylic acids is 1. The van der Waals surface area contributed by atoms with Crippen LogP contribution in [-0.2, 0) is 28.4 Å². The Morgan fingerprint density at radius 1 is 1.09 bits per heavy atom. The van der Waals surface area contributed by atoms with E-state index in [-0.39, 0.29) is 36.6 Å². The number of nitrogens with zero attached hydrogens (tertiary/aromatic N) is 2. The van der Waals surface area contributed by atoms with Gasteiger partial charge in [-0.1, -0.05) is 0 Å². The Kier molecular flexibility index (Phi) is 7.29. The fourth-order valence-electron chi connectivity index (χ4n) is 4.59. The fraction of sp³-hybridized carbons (Fsp3) is 0.636. The molecule has 2 atom stereocenters. The van der Waals surface area contributed by atoms with E-state index in [9.17, 15) is 36.4 Å². The third-order valence-corrected chi connectivity index (χ3v) is 6.58. The lowest BCUT2D eigenvalue weighted by Gasteiger charge is -2.35. The summed E-state index contributed by atoms with van der Waals surface area (Å²) in [5, 5.41) is 12.1. The first-order valence-electron chi connectivity index (χ1n) is 10.6. The molecule has 1 saturated carbocycles. The Bertz CT molecular complexity index is 873. The number of amides is 1. The Balaban J connectivity index is 1.71. The van der Waals surface area contributed by atoms with Crippen LogP contribution < -0.4 is 5.32 Å². The Hall–Kier alpha value is -2.32. The van der Waals surface area contributed by atoms with Gasteiger partial charge in [0.15, 0.2) is 0 Å². The van der Waals surface area contributed by atoms with Gasteiger partial charge in [-0.2, -0.15) is 31.6 Å². The highest BCUT2D eigenvalue weighted by molar-refractivity contribution is 5.85. The Labute approximate surface area is 187 Å². The molecule has 182 valence electrons. The Morgan fingerprint density at radius 3 is 2.18 bits per heavy atom. The number of hydrogen-bond donors (Lipinski definition) is 1. The third-order valence-electron chi connectivity index (χ3n) is 6.58. The first kappa shape index (κ1) is 25.3. The lowest BCUT2D eigenvalue weighted by atomic mass is 9.86. The number of halogens is 6. The maximum atomic E-state index is 13.1. The second-order valence-corrected chi connectivity index (χ2v) is 8.70. The van der Waals surface area contributed by atoms with E-state index in [0.717, 1.165) is 12.8 Å². The second-order valence-electron chi connectivity index (χ2n) is 8.70. The van der Waals surface area contributed by atoms with E-state index in [2.05, 4.69) is 10.2 Å². The molecule has 2 fully saturated rings. The lowest BCUT2D eigenvalue weighted by Crippen LogP contribution is -2.44. The van der Waals surface area contributed by atoms with E-state index in [0.29, 0.717) is 31.8 Å². The van der Waals surface area contributed by atoms with Crippen molar-refractivity contribution in [3.8, 4) is 6.07 Å². The average molecular weight is 477 g/mol. The number of hydrogen-bond acceptors (Lipinski definition) is 4. The SMILES string of the molecule is CN(C1CCOCC1)[C@@H]1CC[C@](C#N)(C(=O)NCc2cc(C(F)(F)F)cc(C(F)(F)F)c2)C1. The zero-order valence-electron chi connectivity index (χ0n) is 18.0. The van der Waals surface area contributed by atoms with E-state index in [1.807, 2.05) is 13.1 Å². The van der Waals surface area contributed by atoms with Crippen molar-refractivity contribution >= 4 is 5.91 Å². The summed E-state index contributed by atoms with van der Waals surface area (Å²) in [5.74, 6) is -0.682. The number of rotatable bonds is 5. The van der Waals surface area contributed by atoms with Crippen LogP contribution in [-0.4, -0.2) is 43.2 Å². The van der Waals surface area contributed by atoms with Crippen molar-refractivity contribution in [1.29, 1.82) is 5.26 Å². The molecule has 0 bridgehead atoms. The maximum absolute atomic E-state index is 13.1. The average Bonchev–Trinajstić information content (AvgIpc) is 3.22. The quantitative estimate of drug-likeness (QED) is 0.634. The van der Waals surface area contributed by atoms with Crippen molar-refractivity contribution in [2.45, 2.75) is 63.1 Å². The van der Waals surface area contributed by atoms with Gasteiger partial charge in [0.2, 0.25) is 5.91 Å². The molecule has 1 heterocycles. The van der Waals surface area contributed by atoms with E-state index < -0.39 is 41.3 Å². The number of alkyl halides is 6. The van der Waals surface area contributed by atoms with E-state index in [1.54, 1.807) is 0 Å². The molecule has 2 aliphatic rings. The molecule has 0 unspecified atom stereocenters. The molecule has 1 aliphatic heterocycles. The highest BCUT2D eigenvalue weighted by Crippen LogP contribution is 2.41. The predicted octanol–water partition coefficient (Wildman–Crippen LogP) is 4.51. The van der Waals surface area contributed by atoms with E-state index in [4.69, 9.17) is 4.74 Å². The molecule has 1 aromatic rings. The van der Waals surface area contributed by atoms with Crippen molar-refractivity contribution in [1.82, 2.24) is 10.2 Å². The molecule has 0 aromatic heterocycles. The van der Waals surface area contributed by atoms with Crippen LogP contribution in [0.3, 0.4) is 0 Å². The molecular weight excluding hydrogens is 452 g/mol. The van der Waals surface area contributed by atoms with Crippen LogP contribution in [0.5, 0.6) is 0 Å². The number of ether oxygens (including phenoxy) is 1. The molecule has 0 radical (unpaired) electrons. The van der Waals surface area contributed by atoms with Gasteiger partial charge in [-0.3, -0.25) is 4.79 Å². The standard InChI is InChI=1S/C22H25F6N3O2/c1-31(17-3-6-33-7-4-17)18-2-5-20(11-18,13-29)19(32)30-12-14-8-15(21(23,24)25)10-16(9-14)22(26,27)28/h8-10,17-18H,2-7,11-12H2,1H3,(H,30,32)/t18-,20+/m1/s1. The molecule has 5 nitrogen and oxygen atoms in total. The van der Waals surface area contributed by atoms with Crippen LogP contribution >= 0.6 is 0 Å². The lowest BCUT2D eigenvalue weighted by molar-refractivity contribution is -0.143. The molecule has 0 spiro atoms. The van der Waals surface area contributed by atoms with Crippen molar-refractivity contribution in [2.75, 3.05) is 20.3 Å². The zero-order chi connectivity index (χ0) is 24.4. The minimum absolute atomic E-state index is 0.0242. The summed E-state index contributed by atoms with van der Waals surface area (Å²) in [6.45, 7) is 0.737. The first-order valence-corrected chi connectivity index (χ1v) is 10.6. The molecule has 11 heteroatoms. The minimum atomic E-state index is -4.97. The summed E-state index contributed by atoms with van der Waals surface area (Å²) < 4.78 is 83.7. The highest BCUT2D eigenvalue weighted by Gasteiger charge is 2.47. The molecule has 1 aromatic carbocycles. The summed E-state index contributed by atoms with van der Waals surface area (Å²) in [4.78, 5) is 15.0. The van der Waals surface area contributed by atoms with Gasteiger partial charge in [0.1, 0.15) is 5.41 Å².